The van der Waals surface area contributed by atoms with E-state index in [9.17, 15) is 5.11 Å². The normalized spacial score (nSPS) is 19.9. The molecule has 0 bridgehead atoms. The van der Waals surface area contributed by atoms with E-state index >= 15 is 0 Å². The fraction of sp³-hybridized carbons (Fsp3) is 0.368. The third-order valence-corrected chi connectivity index (χ3v) is 19.1. The topological polar surface area (TPSA) is 47.9 Å². The molecule has 0 amide bonds. The first-order valence-corrected chi connectivity index (χ1v) is 19.7. The average Bonchev–Trinajstić information content (AvgIpc) is 3.01. The largest absolute Gasteiger partial charge is 0.405 e. The Hall–Kier alpha value is -2.85. The maximum Gasteiger partial charge on any atom is 0.261 e. The van der Waals surface area contributed by atoms with Crippen molar-refractivity contribution in [3.63, 3.8) is 0 Å². The minimum Gasteiger partial charge on any atom is -0.405 e. The quantitative estimate of drug-likeness (QED) is 0.232. The molecule has 4 aromatic carbocycles. The van der Waals surface area contributed by atoms with Crippen molar-refractivity contribution in [1.82, 2.24) is 0 Å². The first-order valence-electron chi connectivity index (χ1n) is 15.9. The third kappa shape index (κ3) is 6.30. The van der Waals surface area contributed by atoms with E-state index < -0.39 is 29.0 Å². The molecule has 6 heteroatoms. The molecule has 1 fully saturated rings. The molecule has 0 saturated carbocycles. The zero-order valence-electron chi connectivity index (χ0n) is 27.1. The van der Waals surface area contributed by atoms with E-state index in [1.165, 1.54) is 20.7 Å². The van der Waals surface area contributed by atoms with E-state index in [0.29, 0.717) is 19.4 Å². The van der Waals surface area contributed by atoms with Gasteiger partial charge in [-0.25, -0.2) is 0 Å². The summed E-state index contributed by atoms with van der Waals surface area (Å²) >= 11 is 0. The van der Waals surface area contributed by atoms with Crippen molar-refractivity contribution in [2.24, 2.45) is 0 Å². The summed E-state index contributed by atoms with van der Waals surface area (Å²) in [6.45, 7) is 14.1. The molecule has 1 N–H and O–H groups in total. The number of aliphatic hydroxyl groups excluding tert-OH is 1. The lowest BCUT2D eigenvalue weighted by Crippen LogP contribution is -2.70. The van der Waals surface area contributed by atoms with E-state index in [-0.39, 0.29) is 16.2 Å². The van der Waals surface area contributed by atoms with Crippen molar-refractivity contribution in [3.8, 4) is 0 Å². The Labute approximate surface area is 266 Å². The van der Waals surface area contributed by atoms with Crippen LogP contribution in [0.2, 0.25) is 10.1 Å². The second-order valence-electron chi connectivity index (χ2n) is 14.0. The second kappa shape index (κ2) is 13.3. The van der Waals surface area contributed by atoms with Gasteiger partial charge in [0.05, 0.1) is 12.7 Å². The molecule has 232 valence electrons. The lowest BCUT2D eigenvalue weighted by molar-refractivity contribution is -0.202. The molecular weight excluding hydrogens is 577 g/mol. The first-order chi connectivity index (χ1) is 21.0. The maximum atomic E-state index is 10.8. The van der Waals surface area contributed by atoms with Crippen LogP contribution in [-0.2, 0) is 13.6 Å². The summed E-state index contributed by atoms with van der Waals surface area (Å²) < 4.78 is 21.3. The summed E-state index contributed by atoms with van der Waals surface area (Å²) in [5, 5.41) is 15.4. The SMILES string of the molecule is CC(C)(C)[Si](OC[C@H]1O[C@H](O)CC[C@@H]1O[Si](c1ccccc1)(c1ccccc1)C(C)(C)C)(c1ccccc1)c1ccccc1. The standard InChI is InChI=1S/C38H48O4Si2/c1-37(2,3)43(30-19-11-7-12-20-30,31-21-13-8-14-22-31)40-29-35-34(27-28-36(39)41-35)42-44(38(4,5)6,32-23-15-9-16-24-32)33-25-17-10-18-26-33/h7-26,34-36,39H,27-29H2,1-6H3/t34-,35+,36-/m0/s1. The summed E-state index contributed by atoms with van der Waals surface area (Å²) in [5.41, 5.74) is 0. The van der Waals surface area contributed by atoms with Crippen LogP contribution in [0.1, 0.15) is 54.4 Å². The highest BCUT2D eigenvalue weighted by atomic mass is 28.4. The molecule has 1 aliphatic rings. The van der Waals surface area contributed by atoms with Crippen LogP contribution in [0, 0.1) is 0 Å². The highest BCUT2D eigenvalue weighted by molar-refractivity contribution is 7.00. The van der Waals surface area contributed by atoms with E-state index in [4.69, 9.17) is 13.6 Å². The van der Waals surface area contributed by atoms with Gasteiger partial charge in [0, 0.05) is 6.42 Å². The van der Waals surface area contributed by atoms with Crippen LogP contribution in [0.4, 0.5) is 0 Å². The van der Waals surface area contributed by atoms with Crippen LogP contribution in [-0.4, -0.2) is 46.8 Å². The van der Waals surface area contributed by atoms with Gasteiger partial charge in [0.2, 0.25) is 0 Å². The Morgan fingerprint density at radius 1 is 0.591 bits per heavy atom. The van der Waals surface area contributed by atoms with Gasteiger partial charge in [-0.3, -0.25) is 0 Å². The summed E-state index contributed by atoms with van der Waals surface area (Å²) in [7, 11) is -5.66. The zero-order chi connectivity index (χ0) is 31.4. The lowest BCUT2D eigenvalue weighted by Gasteiger charge is -2.49. The predicted octanol–water partition coefficient (Wildman–Crippen LogP) is 6.01. The molecule has 1 heterocycles. The van der Waals surface area contributed by atoms with Gasteiger partial charge in [-0.15, -0.1) is 0 Å². The van der Waals surface area contributed by atoms with Crippen LogP contribution in [0.5, 0.6) is 0 Å². The minimum atomic E-state index is -2.85. The summed E-state index contributed by atoms with van der Waals surface area (Å²) in [4.78, 5) is 0. The number of aliphatic hydroxyl groups is 1. The van der Waals surface area contributed by atoms with E-state index in [1.54, 1.807) is 0 Å². The van der Waals surface area contributed by atoms with Crippen molar-refractivity contribution in [1.29, 1.82) is 0 Å². The molecule has 0 aromatic heterocycles. The smallest absolute Gasteiger partial charge is 0.261 e. The van der Waals surface area contributed by atoms with Gasteiger partial charge in [-0.2, -0.15) is 0 Å². The Bertz CT molecular complexity index is 1370. The summed E-state index contributed by atoms with van der Waals surface area (Å²) in [5.74, 6) is 0. The Morgan fingerprint density at radius 2 is 0.955 bits per heavy atom. The molecule has 1 aliphatic heterocycles. The Morgan fingerprint density at radius 3 is 1.32 bits per heavy atom. The fourth-order valence-corrected chi connectivity index (χ4v) is 16.3. The number of benzene rings is 4. The second-order valence-corrected chi connectivity index (χ2v) is 22.6. The fourth-order valence-electron chi connectivity index (χ4n) is 7.02. The van der Waals surface area contributed by atoms with Gasteiger partial charge in [-0.05, 0) is 37.2 Å². The molecule has 0 unspecified atom stereocenters. The third-order valence-electron chi connectivity index (χ3n) is 9.07. The molecule has 4 nitrogen and oxygen atoms in total. The molecule has 3 atom stereocenters. The van der Waals surface area contributed by atoms with Crippen LogP contribution in [0.15, 0.2) is 121 Å². The van der Waals surface area contributed by atoms with Crippen molar-refractivity contribution < 1.29 is 18.7 Å². The van der Waals surface area contributed by atoms with Crippen LogP contribution >= 0.6 is 0 Å². The van der Waals surface area contributed by atoms with Crippen LogP contribution < -0.4 is 20.7 Å². The summed E-state index contributed by atoms with van der Waals surface area (Å²) in [6.07, 6.45) is -0.300. The maximum absolute atomic E-state index is 10.8. The van der Waals surface area contributed by atoms with E-state index in [0.717, 1.165) is 0 Å². The number of hydrogen-bond acceptors (Lipinski definition) is 4. The average molecular weight is 625 g/mol. The number of ether oxygens (including phenoxy) is 1. The molecule has 0 radical (unpaired) electrons. The minimum absolute atomic E-state index is 0.169. The predicted molar refractivity (Wildman–Crippen MR) is 186 cm³/mol. The first kappa shape index (κ1) is 32.5. The van der Waals surface area contributed by atoms with Gasteiger partial charge in [0.1, 0.15) is 6.10 Å². The van der Waals surface area contributed by atoms with Crippen molar-refractivity contribution in [3.05, 3.63) is 121 Å². The highest BCUT2D eigenvalue weighted by Crippen LogP contribution is 2.41. The highest BCUT2D eigenvalue weighted by Gasteiger charge is 2.54. The lowest BCUT2D eigenvalue weighted by atomic mass is 10.1. The van der Waals surface area contributed by atoms with Gasteiger partial charge < -0.3 is 18.7 Å². The van der Waals surface area contributed by atoms with Gasteiger partial charge in [0.15, 0.2) is 6.29 Å². The van der Waals surface area contributed by atoms with Crippen molar-refractivity contribution >= 4 is 37.4 Å². The number of rotatable bonds is 9. The molecular formula is C38H48O4Si2. The van der Waals surface area contributed by atoms with Crippen LogP contribution in [0.25, 0.3) is 0 Å². The Kier molecular flexibility index (Phi) is 9.80. The van der Waals surface area contributed by atoms with Crippen molar-refractivity contribution in [2.75, 3.05) is 6.61 Å². The van der Waals surface area contributed by atoms with E-state index in [1.807, 2.05) is 0 Å². The van der Waals surface area contributed by atoms with E-state index in [2.05, 4.69) is 163 Å². The summed E-state index contributed by atoms with van der Waals surface area (Å²) in [6, 6.07) is 42.8. The number of hydrogen-bond donors (Lipinski definition) is 1. The molecule has 5 rings (SSSR count). The monoisotopic (exact) mass is 624 g/mol. The molecule has 4 aromatic rings. The zero-order valence-corrected chi connectivity index (χ0v) is 29.1. The molecule has 44 heavy (non-hydrogen) atoms. The molecule has 0 spiro atoms. The van der Waals surface area contributed by atoms with Gasteiger partial charge >= 0.3 is 0 Å². The molecule has 1 saturated heterocycles. The van der Waals surface area contributed by atoms with Gasteiger partial charge in [0.25, 0.3) is 16.6 Å². The van der Waals surface area contributed by atoms with Gasteiger partial charge in [-0.1, -0.05) is 163 Å². The van der Waals surface area contributed by atoms with Crippen LogP contribution in [0.3, 0.4) is 0 Å². The van der Waals surface area contributed by atoms with Crippen molar-refractivity contribution in [2.45, 2.75) is 83.0 Å². The Balaban J connectivity index is 1.57. The molecule has 0 aliphatic carbocycles.